The molecule has 1 atom stereocenters. The van der Waals surface area contributed by atoms with Crippen molar-refractivity contribution >= 4 is 22.8 Å². The number of hydrogen-bond acceptors (Lipinski definition) is 7. The van der Waals surface area contributed by atoms with E-state index in [9.17, 15) is 13.2 Å². The summed E-state index contributed by atoms with van der Waals surface area (Å²) in [6.45, 7) is 4.65. The molecule has 0 unspecified atom stereocenters. The zero-order valence-electron chi connectivity index (χ0n) is 21.4. The van der Waals surface area contributed by atoms with E-state index in [-0.39, 0.29) is 5.82 Å². The molecule has 4 heterocycles. The summed E-state index contributed by atoms with van der Waals surface area (Å²) in [5.74, 6) is 1.59. The van der Waals surface area contributed by atoms with Crippen molar-refractivity contribution in [1.82, 2.24) is 24.4 Å². The Morgan fingerprint density at radius 1 is 0.947 bits per heavy atom. The van der Waals surface area contributed by atoms with Gasteiger partial charge in [0, 0.05) is 44.8 Å². The number of nitrogens with zero attached hydrogens (tertiary/aromatic N) is 6. The minimum atomic E-state index is -2.75. The fourth-order valence-corrected chi connectivity index (χ4v) is 6.03. The molecule has 2 aliphatic heterocycles. The van der Waals surface area contributed by atoms with Gasteiger partial charge >= 0.3 is 0 Å². The van der Waals surface area contributed by atoms with Crippen molar-refractivity contribution < 1.29 is 17.9 Å². The highest BCUT2D eigenvalue weighted by atomic mass is 19.3. The van der Waals surface area contributed by atoms with E-state index in [2.05, 4.69) is 20.1 Å². The maximum absolute atomic E-state index is 14.1. The van der Waals surface area contributed by atoms with E-state index in [0.717, 1.165) is 32.2 Å². The summed E-state index contributed by atoms with van der Waals surface area (Å²) in [6.07, 6.45) is 1.47. The molecule has 0 bridgehead atoms. The number of rotatable bonds is 7. The minimum Gasteiger partial charge on any atom is -0.378 e. The van der Waals surface area contributed by atoms with E-state index in [4.69, 9.17) is 14.7 Å². The van der Waals surface area contributed by atoms with Gasteiger partial charge in [-0.3, -0.25) is 9.47 Å². The molecule has 3 fully saturated rings. The van der Waals surface area contributed by atoms with Crippen LogP contribution in [0.1, 0.15) is 44.4 Å². The third kappa shape index (κ3) is 5.31. The molecule has 2 aromatic heterocycles. The molecule has 1 N–H and O–H groups in total. The van der Waals surface area contributed by atoms with Crippen LogP contribution in [0.25, 0.3) is 16.9 Å². The topological polar surface area (TPSA) is 71.3 Å². The average molecular weight is 530 g/mol. The van der Waals surface area contributed by atoms with Crippen molar-refractivity contribution in [3.8, 4) is 5.82 Å². The van der Waals surface area contributed by atoms with Crippen LogP contribution < -0.4 is 10.2 Å². The molecule has 3 aromatic rings. The summed E-state index contributed by atoms with van der Waals surface area (Å²) >= 11 is 0. The molecule has 0 spiro atoms. The first-order chi connectivity index (χ1) is 18.5. The summed E-state index contributed by atoms with van der Waals surface area (Å²) in [6, 6.07) is 9.34. The van der Waals surface area contributed by atoms with Crippen molar-refractivity contribution in [2.24, 2.45) is 5.92 Å². The molecule has 6 rings (SSSR count). The molecule has 0 radical (unpaired) electrons. The fraction of sp³-hybridized carbons (Fsp3) is 0.593. The lowest BCUT2D eigenvalue weighted by Crippen LogP contribution is -2.38. The Balaban J connectivity index is 1.24. The highest BCUT2D eigenvalue weighted by Gasteiger charge is 2.31. The second kappa shape index (κ2) is 11.1. The summed E-state index contributed by atoms with van der Waals surface area (Å²) in [5, 5.41) is 3.41. The molecule has 1 aromatic carbocycles. The summed E-state index contributed by atoms with van der Waals surface area (Å²) < 4.78 is 48.7. The normalized spacial score (nSPS) is 24.9. The Morgan fingerprint density at radius 2 is 1.71 bits per heavy atom. The molecule has 0 amide bonds. The maximum atomic E-state index is 14.1. The van der Waals surface area contributed by atoms with E-state index in [1.54, 1.807) is 24.3 Å². The van der Waals surface area contributed by atoms with Gasteiger partial charge in [0.2, 0.25) is 5.95 Å². The number of hydrogen-bond donors (Lipinski definition) is 1. The third-order valence-corrected chi connectivity index (χ3v) is 8.09. The lowest BCUT2D eigenvalue weighted by atomic mass is 9.85. The van der Waals surface area contributed by atoms with Crippen LogP contribution in [0, 0.1) is 5.92 Å². The standard InChI is InChI=1S/C27H34F3N7O/c28-19-9-10-36(17-19)20-7-5-18(6-8-20)16-31-27-33-23(35-11-13-38-14-12-35)15-24(34-27)37-22-4-2-1-3-21(22)32-26(37)25(29)30/h1-4,15,18-20,25H,5-14,16-17H2,(H,31,33,34)/t18-,19-,20+/m1/s1. The van der Waals surface area contributed by atoms with Crippen LogP contribution in [0.3, 0.4) is 0 Å². The fourth-order valence-electron chi connectivity index (χ4n) is 6.03. The summed E-state index contributed by atoms with van der Waals surface area (Å²) in [4.78, 5) is 18.1. The SMILES string of the molecule is FC(F)c1nc2ccccc2n1-c1cc(N2CCOCC2)nc(NC[C@H]2CC[C@@H](N3CC[C@@H](F)C3)CC2)n1. The quantitative estimate of drug-likeness (QED) is 0.480. The number of para-hydroxylation sites is 2. The van der Waals surface area contributed by atoms with Gasteiger partial charge in [-0.15, -0.1) is 0 Å². The van der Waals surface area contributed by atoms with Crippen LogP contribution in [0.15, 0.2) is 30.3 Å². The van der Waals surface area contributed by atoms with Crippen molar-refractivity contribution in [2.75, 3.05) is 56.2 Å². The number of morpholine rings is 1. The molecule has 38 heavy (non-hydrogen) atoms. The van der Waals surface area contributed by atoms with Gasteiger partial charge in [0.1, 0.15) is 17.8 Å². The number of likely N-dealkylation sites (tertiary alicyclic amines) is 1. The zero-order valence-corrected chi connectivity index (χ0v) is 21.4. The number of benzene rings is 1. The average Bonchev–Trinajstić information content (AvgIpc) is 3.56. The van der Waals surface area contributed by atoms with Crippen LogP contribution >= 0.6 is 0 Å². The van der Waals surface area contributed by atoms with E-state index < -0.39 is 12.6 Å². The van der Waals surface area contributed by atoms with Gasteiger partial charge in [-0.25, -0.2) is 18.2 Å². The molecule has 8 nitrogen and oxygen atoms in total. The molecule has 2 saturated heterocycles. The lowest BCUT2D eigenvalue weighted by molar-refractivity contribution is 0.122. The number of imidazole rings is 1. The molecule has 1 aliphatic carbocycles. The molecule has 3 aliphatic rings. The van der Waals surface area contributed by atoms with Gasteiger partial charge < -0.3 is 15.0 Å². The summed E-state index contributed by atoms with van der Waals surface area (Å²) in [5.41, 5.74) is 1.08. The van der Waals surface area contributed by atoms with E-state index in [1.165, 1.54) is 4.57 Å². The first kappa shape index (κ1) is 25.4. The van der Waals surface area contributed by atoms with Crippen molar-refractivity contribution in [1.29, 1.82) is 0 Å². The first-order valence-corrected chi connectivity index (χ1v) is 13.6. The number of ether oxygens (including phenoxy) is 1. The summed E-state index contributed by atoms with van der Waals surface area (Å²) in [7, 11) is 0. The van der Waals surface area contributed by atoms with Gasteiger partial charge in [0.25, 0.3) is 6.43 Å². The van der Waals surface area contributed by atoms with Gasteiger partial charge in [-0.05, 0) is 50.2 Å². The van der Waals surface area contributed by atoms with Crippen LogP contribution in [-0.2, 0) is 4.74 Å². The second-order valence-corrected chi connectivity index (χ2v) is 10.5. The molecular weight excluding hydrogens is 495 g/mol. The van der Waals surface area contributed by atoms with Crippen LogP contribution in [-0.4, -0.2) is 82.6 Å². The highest BCUT2D eigenvalue weighted by molar-refractivity contribution is 5.78. The predicted octanol–water partition coefficient (Wildman–Crippen LogP) is 4.60. The van der Waals surface area contributed by atoms with E-state index in [0.29, 0.717) is 86.4 Å². The third-order valence-electron chi connectivity index (χ3n) is 8.09. The van der Waals surface area contributed by atoms with Crippen molar-refractivity contribution in [3.05, 3.63) is 36.2 Å². The Hall–Kier alpha value is -2.92. The maximum Gasteiger partial charge on any atom is 0.296 e. The first-order valence-electron chi connectivity index (χ1n) is 13.6. The van der Waals surface area contributed by atoms with E-state index >= 15 is 0 Å². The largest absolute Gasteiger partial charge is 0.378 e. The minimum absolute atomic E-state index is 0.334. The van der Waals surface area contributed by atoms with Crippen molar-refractivity contribution in [2.45, 2.75) is 50.7 Å². The van der Waals surface area contributed by atoms with Crippen LogP contribution in [0.2, 0.25) is 0 Å². The number of anilines is 2. The predicted molar refractivity (Wildman–Crippen MR) is 140 cm³/mol. The van der Waals surface area contributed by atoms with Gasteiger partial charge in [-0.2, -0.15) is 9.97 Å². The molecular formula is C27H34F3N7O. The number of nitrogens with one attached hydrogen (secondary N) is 1. The zero-order chi connectivity index (χ0) is 26.1. The van der Waals surface area contributed by atoms with Crippen LogP contribution in [0.4, 0.5) is 24.9 Å². The van der Waals surface area contributed by atoms with Gasteiger partial charge in [0.05, 0.1) is 24.2 Å². The van der Waals surface area contributed by atoms with Crippen molar-refractivity contribution in [3.63, 3.8) is 0 Å². The Labute approximate surface area is 220 Å². The monoisotopic (exact) mass is 529 g/mol. The van der Waals surface area contributed by atoms with E-state index in [1.807, 2.05) is 6.07 Å². The Kier molecular flexibility index (Phi) is 7.38. The Morgan fingerprint density at radius 3 is 2.45 bits per heavy atom. The smallest absolute Gasteiger partial charge is 0.296 e. The molecule has 1 saturated carbocycles. The highest BCUT2D eigenvalue weighted by Crippen LogP contribution is 2.32. The number of aromatic nitrogens is 4. The number of alkyl halides is 3. The van der Waals surface area contributed by atoms with Gasteiger partial charge in [-0.1, -0.05) is 12.1 Å². The second-order valence-electron chi connectivity index (χ2n) is 10.5. The van der Waals surface area contributed by atoms with Gasteiger partial charge in [0.15, 0.2) is 5.82 Å². The molecule has 204 valence electrons. The number of halogens is 3. The Bertz CT molecular complexity index is 1240. The molecule has 11 heteroatoms. The number of fused-ring (bicyclic) bond motifs is 1. The lowest BCUT2D eigenvalue weighted by Gasteiger charge is -2.34. The van der Waals surface area contributed by atoms with Crippen LogP contribution in [0.5, 0.6) is 0 Å².